The summed E-state index contributed by atoms with van der Waals surface area (Å²) in [7, 11) is 0. The van der Waals surface area contributed by atoms with Gasteiger partial charge in [-0.3, -0.25) is 0 Å². The van der Waals surface area contributed by atoms with Gasteiger partial charge in [-0.1, -0.05) is 33.6 Å². The maximum Gasteiger partial charge on any atom is 0.332 e. The Hall–Kier alpha value is -0.990. The molecular formula is C14H27NO2. The molecule has 17 heavy (non-hydrogen) atoms. The monoisotopic (exact) mass is 241 g/mol. The molecule has 0 heterocycles. The molecule has 3 heteroatoms. The van der Waals surface area contributed by atoms with E-state index in [-0.39, 0.29) is 5.97 Å². The zero-order valence-corrected chi connectivity index (χ0v) is 11.6. The standard InChI is InChI=1S/C14H27NO2/c1-4-7-10-15(11-8-5-2)12-9-14(16)17-13-6-3/h9,12H,4-8,10-11,13H2,1-3H3. The van der Waals surface area contributed by atoms with Crippen molar-refractivity contribution in [1.29, 1.82) is 0 Å². The second-order valence-corrected chi connectivity index (χ2v) is 4.23. The molecule has 0 saturated carbocycles. The van der Waals surface area contributed by atoms with Crippen LogP contribution >= 0.6 is 0 Å². The lowest BCUT2D eigenvalue weighted by Gasteiger charge is -2.19. The first-order valence-electron chi connectivity index (χ1n) is 6.83. The van der Waals surface area contributed by atoms with Gasteiger partial charge in [0.2, 0.25) is 0 Å². The lowest BCUT2D eigenvalue weighted by atomic mass is 10.3. The molecule has 0 saturated heterocycles. The molecule has 0 aliphatic carbocycles. The van der Waals surface area contributed by atoms with Crippen molar-refractivity contribution in [3.05, 3.63) is 12.3 Å². The lowest BCUT2D eigenvalue weighted by Crippen LogP contribution is -2.20. The Balaban J connectivity index is 4.00. The first kappa shape index (κ1) is 16.0. The van der Waals surface area contributed by atoms with Gasteiger partial charge in [0.1, 0.15) is 0 Å². The number of rotatable bonds is 10. The van der Waals surface area contributed by atoms with Gasteiger partial charge in [0, 0.05) is 25.4 Å². The van der Waals surface area contributed by atoms with Gasteiger partial charge in [0.25, 0.3) is 0 Å². The fourth-order valence-electron chi connectivity index (χ4n) is 1.40. The second kappa shape index (κ2) is 11.5. The van der Waals surface area contributed by atoms with E-state index in [1.54, 1.807) is 6.08 Å². The smallest absolute Gasteiger partial charge is 0.332 e. The normalized spacial score (nSPS) is 10.8. The zero-order chi connectivity index (χ0) is 12.9. The Morgan fingerprint density at radius 1 is 1.06 bits per heavy atom. The Morgan fingerprint density at radius 2 is 1.65 bits per heavy atom. The molecule has 0 amide bonds. The fraction of sp³-hybridized carbons (Fsp3) is 0.786. The van der Waals surface area contributed by atoms with Crippen LogP contribution in [-0.4, -0.2) is 30.6 Å². The summed E-state index contributed by atoms with van der Waals surface area (Å²) < 4.78 is 5.00. The van der Waals surface area contributed by atoms with Gasteiger partial charge < -0.3 is 9.64 Å². The van der Waals surface area contributed by atoms with Crippen LogP contribution in [0.4, 0.5) is 0 Å². The van der Waals surface area contributed by atoms with E-state index < -0.39 is 0 Å². The molecule has 0 radical (unpaired) electrons. The van der Waals surface area contributed by atoms with Crippen LogP contribution in [0.3, 0.4) is 0 Å². The van der Waals surface area contributed by atoms with Gasteiger partial charge in [-0.25, -0.2) is 4.79 Å². The minimum atomic E-state index is -0.232. The van der Waals surface area contributed by atoms with Crippen LogP contribution < -0.4 is 0 Å². The van der Waals surface area contributed by atoms with Crippen molar-refractivity contribution in [3.8, 4) is 0 Å². The van der Waals surface area contributed by atoms with Crippen LogP contribution in [-0.2, 0) is 9.53 Å². The number of hydrogen-bond donors (Lipinski definition) is 0. The summed E-state index contributed by atoms with van der Waals surface area (Å²) in [6.45, 7) is 8.90. The molecule has 0 aromatic heterocycles. The fourth-order valence-corrected chi connectivity index (χ4v) is 1.40. The predicted molar refractivity (Wildman–Crippen MR) is 71.8 cm³/mol. The molecule has 0 fully saturated rings. The summed E-state index contributed by atoms with van der Waals surface area (Å²) in [5.41, 5.74) is 0. The maximum absolute atomic E-state index is 11.3. The molecule has 0 atom stereocenters. The molecule has 0 aromatic rings. The van der Waals surface area contributed by atoms with Crippen molar-refractivity contribution in [1.82, 2.24) is 4.90 Å². The lowest BCUT2D eigenvalue weighted by molar-refractivity contribution is -0.137. The third kappa shape index (κ3) is 9.91. The van der Waals surface area contributed by atoms with Crippen molar-refractivity contribution in [3.63, 3.8) is 0 Å². The minimum absolute atomic E-state index is 0.232. The van der Waals surface area contributed by atoms with Gasteiger partial charge >= 0.3 is 5.97 Å². The summed E-state index contributed by atoms with van der Waals surface area (Å²) in [6.07, 6.45) is 8.98. The van der Waals surface area contributed by atoms with E-state index in [1.165, 1.54) is 12.8 Å². The number of hydrogen-bond acceptors (Lipinski definition) is 3. The molecule has 0 aliphatic heterocycles. The first-order chi connectivity index (χ1) is 8.24. The average molecular weight is 241 g/mol. The Kier molecular flexibility index (Phi) is 10.8. The first-order valence-corrected chi connectivity index (χ1v) is 6.83. The topological polar surface area (TPSA) is 29.5 Å². The summed E-state index contributed by atoms with van der Waals surface area (Å²) in [5.74, 6) is -0.232. The molecule has 0 rings (SSSR count). The molecule has 0 bridgehead atoms. The van der Waals surface area contributed by atoms with Crippen LogP contribution in [0.1, 0.15) is 52.9 Å². The van der Waals surface area contributed by atoms with Gasteiger partial charge in [-0.2, -0.15) is 0 Å². The van der Waals surface area contributed by atoms with Crippen LogP contribution in [0.15, 0.2) is 12.3 Å². The number of esters is 1. The highest BCUT2D eigenvalue weighted by atomic mass is 16.5. The van der Waals surface area contributed by atoms with Crippen LogP contribution in [0.5, 0.6) is 0 Å². The Bertz CT molecular complexity index is 206. The molecule has 3 nitrogen and oxygen atoms in total. The molecule has 0 N–H and O–H groups in total. The highest BCUT2D eigenvalue weighted by molar-refractivity contribution is 5.81. The Labute approximate surface area is 106 Å². The van der Waals surface area contributed by atoms with Crippen molar-refractivity contribution in [2.75, 3.05) is 19.7 Å². The van der Waals surface area contributed by atoms with Crippen molar-refractivity contribution in [2.45, 2.75) is 52.9 Å². The van der Waals surface area contributed by atoms with Crippen molar-refractivity contribution >= 4 is 5.97 Å². The third-order valence-electron chi connectivity index (χ3n) is 2.47. The SMILES string of the molecule is CCCCN(C=CC(=O)OCCC)CCCC. The van der Waals surface area contributed by atoms with Crippen molar-refractivity contribution in [2.24, 2.45) is 0 Å². The Morgan fingerprint density at radius 3 is 2.12 bits per heavy atom. The largest absolute Gasteiger partial charge is 0.463 e. The average Bonchev–Trinajstić information content (AvgIpc) is 2.35. The quantitative estimate of drug-likeness (QED) is 0.434. The van der Waals surface area contributed by atoms with Crippen molar-refractivity contribution < 1.29 is 9.53 Å². The number of ether oxygens (including phenoxy) is 1. The summed E-state index contributed by atoms with van der Waals surface area (Å²) in [5, 5.41) is 0. The minimum Gasteiger partial charge on any atom is -0.463 e. The van der Waals surface area contributed by atoms with Gasteiger partial charge in [-0.05, 0) is 19.3 Å². The van der Waals surface area contributed by atoms with E-state index in [9.17, 15) is 4.79 Å². The highest BCUT2D eigenvalue weighted by Gasteiger charge is 2.00. The van der Waals surface area contributed by atoms with E-state index in [0.29, 0.717) is 6.61 Å². The number of nitrogens with zero attached hydrogens (tertiary/aromatic N) is 1. The summed E-state index contributed by atoms with van der Waals surface area (Å²) >= 11 is 0. The number of carbonyl (C=O) groups is 1. The van der Waals surface area contributed by atoms with E-state index in [4.69, 9.17) is 4.74 Å². The molecule has 0 unspecified atom stereocenters. The second-order valence-electron chi connectivity index (χ2n) is 4.23. The summed E-state index contributed by atoms with van der Waals surface area (Å²) in [6, 6.07) is 0. The molecule has 0 spiro atoms. The van der Waals surface area contributed by atoms with E-state index in [2.05, 4.69) is 18.7 Å². The van der Waals surface area contributed by atoms with Crippen LogP contribution in [0.25, 0.3) is 0 Å². The van der Waals surface area contributed by atoms with E-state index in [1.807, 2.05) is 13.1 Å². The molecule has 0 aromatic carbocycles. The summed E-state index contributed by atoms with van der Waals surface area (Å²) in [4.78, 5) is 13.5. The third-order valence-corrected chi connectivity index (χ3v) is 2.47. The molecular weight excluding hydrogens is 214 g/mol. The molecule has 100 valence electrons. The number of unbranched alkanes of at least 4 members (excludes halogenated alkanes) is 2. The number of carbonyl (C=O) groups excluding carboxylic acids is 1. The van der Waals surface area contributed by atoms with Gasteiger partial charge in [-0.15, -0.1) is 0 Å². The predicted octanol–water partition coefficient (Wildman–Crippen LogP) is 3.36. The van der Waals surface area contributed by atoms with Gasteiger partial charge in [0.05, 0.1) is 6.61 Å². The van der Waals surface area contributed by atoms with Crippen LogP contribution in [0.2, 0.25) is 0 Å². The van der Waals surface area contributed by atoms with E-state index in [0.717, 1.165) is 32.4 Å². The van der Waals surface area contributed by atoms with E-state index >= 15 is 0 Å². The van der Waals surface area contributed by atoms with Crippen LogP contribution in [0, 0.1) is 0 Å². The van der Waals surface area contributed by atoms with Gasteiger partial charge in [0.15, 0.2) is 0 Å². The maximum atomic E-state index is 11.3. The highest BCUT2D eigenvalue weighted by Crippen LogP contribution is 2.00. The molecule has 0 aliphatic rings. The zero-order valence-electron chi connectivity index (χ0n) is 11.6.